The molecule has 0 aromatic heterocycles. The molecule has 1 N–H and O–H groups in total. The molecule has 1 rings (SSSR count). The van der Waals surface area contributed by atoms with Crippen molar-refractivity contribution in [3.05, 3.63) is 29.6 Å². The largest absolute Gasteiger partial charge is 0.454 e. The van der Waals surface area contributed by atoms with Crippen LogP contribution >= 0.6 is 0 Å². The molecule has 0 aliphatic heterocycles. The first-order valence-corrected chi connectivity index (χ1v) is 7.91. The predicted octanol–water partition coefficient (Wildman–Crippen LogP) is 1.51. The molecule has 0 radical (unpaired) electrons. The fraction of sp³-hybridized carbons (Fsp3) is 0.429. The van der Waals surface area contributed by atoms with Gasteiger partial charge < -0.3 is 4.74 Å². The second kappa shape index (κ2) is 6.53. The molecule has 0 aliphatic rings. The van der Waals surface area contributed by atoms with Gasteiger partial charge >= 0.3 is 5.97 Å². The molecule has 6 nitrogen and oxygen atoms in total. The van der Waals surface area contributed by atoms with E-state index in [2.05, 4.69) is 4.72 Å². The fourth-order valence-electron chi connectivity index (χ4n) is 1.37. The Hall–Kier alpha value is -1.80. The molecule has 0 bridgehead atoms. The van der Waals surface area contributed by atoms with Crippen molar-refractivity contribution < 1.29 is 27.1 Å². The van der Waals surface area contributed by atoms with Gasteiger partial charge in [0.25, 0.3) is 0 Å². The van der Waals surface area contributed by atoms with Crippen molar-refractivity contribution in [1.82, 2.24) is 4.72 Å². The molecule has 0 aliphatic carbocycles. The second-order valence-corrected chi connectivity index (χ2v) is 7.49. The van der Waals surface area contributed by atoms with Crippen molar-refractivity contribution in [2.24, 2.45) is 5.41 Å². The molecule has 0 saturated carbocycles. The average molecular weight is 331 g/mol. The number of ether oxygens (including phenoxy) is 1. The van der Waals surface area contributed by atoms with Gasteiger partial charge in [-0.05, 0) is 25.2 Å². The highest BCUT2D eigenvalue weighted by Gasteiger charge is 2.24. The smallest absolute Gasteiger partial charge is 0.341 e. The Morgan fingerprint density at radius 3 is 2.36 bits per heavy atom. The maximum atomic E-state index is 13.7. The first-order chi connectivity index (χ1) is 9.99. The molecule has 0 saturated heterocycles. The van der Waals surface area contributed by atoms with Gasteiger partial charge in [0.1, 0.15) is 5.82 Å². The van der Waals surface area contributed by atoms with E-state index in [0.29, 0.717) is 0 Å². The standard InChI is InChI=1S/C14H18FNO5S/c1-14(2,3)12(17)8-21-13(18)10-7-9(5-6-11(10)15)22(19,20)16-4/h5-7,16H,8H2,1-4H3. The van der Waals surface area contributed by atoms with Crippen molar-refractivity contribution in [3.63, 3.8) is 0 Å². The summed E-state index contributed by atoms with van der Waals surface area (Å²) in [6.07, 6.45) is 0. The van der Waals surface area contributed by atoms with Crippen molar-refractivity contribution in [2.45, 2.75) is 25.7 Å². The Labute approximate surface area is 128 Å². The highest BCUT2D eigenvalue weighted by atomic mass is 32.2. The lowest BCUT2D eigenvalue weighted by Gasteiger charge is -2.16. The molecule has 0 amide bonds. The van der Waals surface area contributed by atoms with Gasteiger partial charge in [0.05, 0.1) is 10.5 Å². The third-order valence-electron chi connectivity index (χ3n) is 2.91. The van der Waals surface area contributed by atoms with E-state index in [-0.39, 0.29) is 10.7 Å². The first-order valence-electron chi connectivity index (χ1n) is 6.42. The summed E-state index contributed by atoms with van der Waals surface area (Å²) in [5, 5.41) is 0. The number of rotatable bonds is 5. The minimum atomic E-state index is -3.82. The van der Waals surface area contributed by atoms with Crippen LogP contribution in [0.2, 0.25) is 0 Å². The molecule has 0 spiro atoms. The third-order valence-corrected chi connectivity index (χ3v) is 4.32. The van der Waals surface area contributed by atoms with Gasteiger partial charge in [-0.15, -0.1) is 0 Å². The van der Waals surface area contributed by atoms with Crippen LogP contribution < -0.4 is 4.72 Å². The van der Waals surface area contributed by atoms with Crippen molar-refractivity contribution in [2.75, 3.05) is 13.7 Å². The Kier molecular flexibility index (Phi) is 5.42. The zero-order valence-corrected chi connectivity index (χ0v) is 13.6. The molecular formula is C14H18FNO5S. The SMILES string of the molecule is CNS(=O)(=O)c1ccc(F)c(C(=O)OCC(=O)C(C)(C)C)c1. The number of halogens is 1. The summed E-state index contributed by atoms with van der Waals surface area (Å²) in [5.74, 6) is -2.35. The van der Waals surface area contributed by atoms with Gasteiger partial charge in [-0.2, -0.15) is 0 Å². The summed E-state index contributed by atoms with van der Waals surface area (Å²) in [6.45, 7) is 4.46. The predicted molar refractivity (Wildman–Crippen MR) is 77.4 cm³/mol. The van der Waals surface area contributed by atoms with Crippen LogP contribution in [-0.4, -0.2) is 33.8 Å². The monoisotopic (exact) mass is 331 g/mol. The van der Waals surface area contributed by atoms with E-state index in [1.807, 2.05) is 0 Å². The topological polar surface area (TPSA) is 89.5 Å². The van der Waals surface area contributed by atoms with E-state index in [0.717, 1.165) is 18.2 Å². The Balaban J connectivity index is 2.99. The van der Waals surface area contributed by atoms with Gasteiger partial charge in [-0.3, -0.25) is 4.79 Å². The zero-order valence-electron chi connectivity index (χ0n) is 12.8. The molecule has 0 atom stereocenters. The van der Waals surface area contributed by atoms with Gasteiger partial charge in [0.15, 0.2) is 12.4 Å². The molecule has 122 valence electrons. The highest BCUT2D eigenvalue weighted by Crippen LogP contribution is 2.18. The van der Waals surface area contributed by atoms with E-state index in [9.17, 15) is 22.4 Å². The van der Waals surface area contributed by atoms with Gasteiger partial charge in [-0.25, -0.2) is 22.3 Å². The zero-order chi connectivity index (χ0) is 17.1. The number of sulfonamides is 1. The van der Waals surface area contributed by atoms with Crippen LogP contribution in [0.15, 0.2) is 23.1 Å². The highest BCUT2D eigenvalue weighted by molar-refractivity contribution is 7.89. The minimum Gasteiger partial charge on any atom is -0.454 e. The summed E-state index contributed by atoms with van der Waals surface area (Å²) >= 11 is 0. The van der Waals surface area contributed by atoms with Crippen LogP contribution in [0.5, 0.6) is 0 Å². The lowest BCUT2D eigenvalue weighted by molar-refractivity contribution is -0.129. The van der Waals surface area contributed by atoms with Crippen LogP contribution in [0.4, 0.5) is 4.39 Å². The first kappa shape index (κ1) is 18.2. The number of hydrogen-bond donors (Lipinski definition) is 1. The van der Waals surface area contributed by atoms with Crippen LogP contribution in [0.25, 0.3) is 0 Å². The van der Waals surface area contributed by atoms with Gasteiger partial charge in [-0.1, -0.05) is 20.8 Å². The van der Waals surface area contributed by atoms with E-state index in [1.54, 1.807) is 20.8 Å². The van der Waals surface area contributed by atoms with E-state index < -0.39 is 39.4 Å². The molecule has 0 unspecified atom stereocenters. The Morgan fingerprint density at radius 2 is 1.86 bits per heavy atom. The number of nitrogens with one attached hydrogen (secondary N) is 1. The van der Waals surface area contributed by atoms with Crippen LogP contribution in [0, 0.1) is 11.2 Å². The van der Waals surface area contributed by atoms with E-state index in [4.69, 9.17) is 4.74 Å². The van der Waals surface area contributed by atoms with E-state index >= 15 is 0 Å². The second-order valence-electron chi connectivity index (χ2n) is 5.60. The number of hydrogen-bond acceptors (Lipinski definition) is 5. The lowest BCUT2D eigenvalue weighted by atomic mass is 9.91. The van der Waals surface area contributed by atoms with Gasteiger partial charge in [0, 0.05) is 5.41 Å². The molecule has 22 heavy (non-hydrogen) atoms. The van der Waals surface area contributed by atoms with Crippen LogP contribution in [0.3, 0.4) is 0 Å². The average Bonchev–Trinajstić information content (AvgIpc) is 2.43. The Morgan fingerprint density at radius 1 is 1.27 bits per heavy atom. The van der Waals surface area contributed by atoms with E-state index in [1.165, 1.54) is 7.05 Å². The summed E-state index contributed by atoms with van der Waals surface area (Å²) < 4.78 is 43.8. The normalized spacial score (nSPS) is 12.0. The summed E-state index contributed by atoms with van der Waals surface area (Å²) in [7, 11) is -2.62. The number of carbonyl (C=O) groups is 2. The molecule has 1 aromatic carbocycles. The lowest BCUT2D eigenvalue weighted by Crippen LogP contribution is -2.26. The van der Waals surface area contributed by atoms with Crippen LogP contribution in [-0.2, 0) is 19.6 Å². The van der Waals surface area contributed by atoms with Crippen molar-refractivity contribution >= 4 is 21.8 Å². The molecular weight excluding hydrogens is 313 g/mol. The number of ketones is 1. The maximum absolute atomic E-state index is 13.7. The summed E-state index contributed by atoms with van der Waals surface area (Å²) in [5.41, 5.74) is -1.24. The maximum Gasteiger partial charge on any atom is 0.341 e. The van der Waals surface area contributed by atoms with Crippen molar-refractivity contribution in [1.29, 1.82) is 0 Å². The molecule has 8 heteroatoms. The quantitative estimate of drug-likeness (QED) is 0.826. The van der Waals surface area contributed by atoms with Crippen LogP contribution in [0.1, 0.15) is 31.1 Å². The minimum absolute atomic E-state index is 0.273. The third kappa shape index (κ3) is 4.35. The molecule has 0 fully saturated rings. The molecule has 1 aromatic rings. The summed E-state index contributed by atoms with van der Waals surface area (Å²) in [6, 6.07) is 2.75. The van der Waals surface area contributed by atoms with Crippen molar-refractivity contribution in [3.8, 4) is 0 Å². The number of esters is 1. The molecule has 0 heterocycles. The number of benzene rings is 1. The number of Topliss-reactive ketones (excluding diaryl/α,β-unsaturated/α-hetero) is 1. The fourth-order valence-corrected chi connectivity index (χ4v) is 2.13. The number of carbonyl (C=O) groups excluding carboxylic acids is 2. The van der Waals surface area contributed by atoms with Gasteiger partial charge in [0.2, 0.25) is 10.0 Å². The Bertz CT molecular complexity index is 692. The summed E-state index contributed by atoms with van der Waals surface area (Å²) in [4.78, 5) is 23.2.